The second-order valence-electron chi connectivity index (χ2n) is 5.66. The van der Waals surface area contributed by atoms with Gasteiger partial charge in [0.25, 0.3) is 0 Å². The van der Waals surface area contributed by atoms with E-state index in [0.29, 0.717) is 0 Å². The highest BCUT2D eigenvalue weighted by atomic mass is 79.9. The number of hydrogen-bond donors (Lipinski definition) is 0. The minimum absolute atomic E-state index is 0. The normalized spacial score (nSPS) is 10.2. The topological polar surface area (TPSA) is 7.12 Å². The molecule has 0 saturated carbocycles. The maximum atomic E-state index is 2.30. The lowest BCUT2D eigenvalue weighted by Gasteiger charge is -2.10. The Kier molecular flexibility index (Phi) is 11.8. The van der Waals surface area contributed by atoms with Crippen LogP contribution in [0.4, 0.5) is 5.69 Å². The van der Waals surface area contributed by atoms with E-state index in [2.05, 4.69) is 55.0 Å². The van der Waals surface area contributed by atoms with Crippen molar-refractivity contribution in [3.8, 4) is 0 Å². The molecule has 0 aliphatic heterocycles. The number of halogens is 1. The van der Waals surface area contributed by atoms with E-state index in [1.54, 1.807) is 0 Å². The third-order valence-electron chi connectivity index (χ3n) is 3.66. The van der Waals surface area contributed by atoms with Crippen LogP contribution in [0.25, 0.3) is 0 Å². The molecule has 0 atom stereocenters. The Morgan fingerprint density at radius 2 is 1.35 bits per heavy atom. The summed E-state index contributed by atoms with van der Waals surface area (Å²) in [5.74, 6) is 0. The monoisotopic (exact) mass is 342 g/mol. The van der Waals surface area contributed by atoms with Gasteiger partial charge in [-0.05, 0) is 6.42 Å². The predicted octanol–water partition coefficient (Wildman–Crippen LogP) is 1.18. The SMILES string of the molecule is CCCCCCCCCC[n+]1ccc(N(C)C)cc1.[Br-]. The first-order valence-electron chi connectivity index (χ1n) is 7.90. The first kappa shape index (κ1) is 19.4. The van der Waals surface area contributed by atoms with E-state index in [-0.39, 0.29) is 17.0 Å². The van der Waals surface area contributed by atoms with Gasteiger partial charge >= 0.3 is 0 Å². The summed E-state index contributed by atoms with van der Waals surface area (Å²) in [7, 11) is 4.16. The van der Waals surface area contributed by atoms with Gasteiger partial charge in [0.1, 0.15) is 6.54 Å². The molecule has 0 radical (unpaired) electrons. The van der Waals surface area contributed by atoms with Gasteiger partial charge in [-0.3, -0.25) is 0 Å². The van der Waals surface area contributed by atoms with Crippen LogP contribution in [-0.2, 0) is 6.54 Å². The third kappa shape index (κ3) is 8.57. The summed E-state index contributed by atoms with van der Waals surface area (Å²) in [6.07, 6.45) is 15.5. The minimum atomic E-state index is 0. The Bertz CT molecular complexity index is 322. The molecule has 0 aromatic carbocycles. The Morgan fingerprint density at radius 3 is 1.85 bits per heavy atom. The van der Waals surface area contributed by atoms with Crippen molar-refractivity contribution in [3.63, 3.8) is 0 Å². The first-order chi connectivity index (χ1) is 9.24. The molecular weight excluding hydrogens is 312 g/mol. The van der Waals surface area contributed by atoms with Crippen LogP contribution in [0, 0.1) is 0 Å². The van der Waals surface area contributed by atoms with Crippen LogP contribution in [-0.4, -0.2) is 14.1 Å². The molecule has 0 amide bonds. The van der Waals surface area contributed by atoms with Crippen LogP contribution in [0.3, 0.4) is 0 Å². The molecule has 116 valence electrons. The molecule has 1 heterocycles. The van der Waals surface area contributed by atoms with Crippen LogP contribution < -0.4 is 26.4 Å². The molecule has 0 N–H and O–H groups in total. The molecule has 0 aliphatic rings. The van der Waals surface area contributed by atoms with Crippen LogP contribution in [0.1, 0.15) is 58.3 Å². The molecule has 0 spiro atoms. The molecule has 0 unspecified atom stereocenters. The fourth-order valence-electron chi connectivity index (χ4n) is 2.32. The van der Waals surface area contributed by atoms with Crippen molar-refractivity contribution in [2.24, 2.45) is 0 Å². The fraction of sp³-hybridized carbons (Fsp3) is 0.706. The maximum absolute atomic E-state index is 2.30. The van der Waals surface area contributed by atoms with Gasteiger partial charge in [-0.1, -0.05) is 45.4 Å². The zero-order valence-electron chi connectivity index (χ0n) is 13.4. The third-order valence-corrected chi connectivity index (χ3v) is 3.66. The number of unbranched alkanes of at least 4 members (excludes halogenated alkanes) is 7. The molecule has 1 aromatic heterocycles. The molecule has 20 heavy (non-hydrogen) atoms. The summed E-state index contributed by atoms with van der Waals surface area (Å²) in [5, 5.41) is 0. The van der Waals surface area contributed by atoms with E-state index in [1.807, 2.05) is 0 Å². The number of rotatable bonds is 10. The Morgan fingerprint density at radius 1 is 0.850 bits per heavy atom. The number of aromatic nitrogens is 1. The van der Waals surface area contributed by atoms with Crippen molar-refractivity contribution in [1.29, 1.82) is 0 Å². The van der Waals surface area contributed by atoms with E-state index in [0.717, 1.165) is 6.54 Å². The van der Waals surface area contributed by atoms with E-state index in [1.165, 1.54) is 57.1 Å². The van der Waals surface area contributed by atoms with Gasteiger partial charge in [-0.15, -0.1) is 0 Å². The molecule has 0 fully saturated rings. The quantitative estimate of drug-likeness (QED) is 0.457. The highest BCUT2D eigenvalue weighted by molar-refractivity contribution is 5.41. The summed E-state index contributed by atoms with van der Waals surface area (Å²) in [6, 6.07) is 4.37. The number of anilines is 1. The van der Waals surface area contributed by atoms with Crippen molar-refractivity contribution >= 4 is 5.69 Å². The van der Waals surface area contributed by atoms with Gasteiger partial charge in [-0.25, -0.2) is 4.57 Å². The summed E-state index contributed by atoms with van der Waals surface area (Å²) in [6.45, 7) is 3.43. The summed E-state index contributed by atoms with van der Waals surface area (Å²) >= 11 is 0. The number of aryl methyl sites for hydroxylation is 1. The molecule has 0 bridgehead atoms. The van der Waals surface area contributed by atoms with Gasteiger partial charge in [0, 0.05) is 38.3 Å². The largest absolute Gasteiger partial charge is 1.00 e. The summed E-state index contributed by atoms with van der Waals surface area (Å²) < 4.78 is 2.30. The first-order valence-corrected chi connectivity index (χ1v) is 7.90. The molecule has 0 aliphatic carbocycles. The van der Waals surface area contributed by atoms with Crippen molar-refractivity contribution in [2.75, 3.05) is 19.0 Å². The highest BCUT2D eigenvalue weighted by Crippen LogP contribution is 2.09. The Balaban J connectivity index is 0.00000361. The fourth-order valence-corrected chi connectivity index (χ4v) is 2.32. The van der Waals surface area contributed by atoms with E-state index < -0.39 is 0 Å². The molecule has 0 saturated heterocycles. The van der Waals surface area contributed by atoms with Crippen molar-refractivity contribution in [2.45, 2.75) is 64.8 Å². The summed E-state index contributed by atoms with van der Waals surface area (Å²) in [4.78, 5) is 2.14. The lowest BCUT2D eigenvalue weighted by Crippen LogP contribution is -3.00. The predicted molar refractivity (Wildman–Crippen MR) is 83.6 cm³/mol. The zero-order valence-corrected chi connectivity index (χ0v) is 15.0. The Labute approximate surface area is 136 Å². The molecule has 1 aromatic rings. The van der Waals surface area contributed by atoms with E-state index in [4.69, 9.17) is 0 Å². The van der Waals surface area contributed by atoms with E-state index in [9.17, 15) is 0 Å². The molecule has 1 rings (SSSR count). The van der Waals surface area contributed by atoms with Crippen LogP contribution >= 0.6 is 0 Å². The molecular formula is C17H31BrN2. The van der Waals surface area contributed by atoms with Crippen molar-refractivity contribution < 1.29 is 21.5 Å². The maximum Gasteiger partial charge on any atom is 0.170 e. The average molecular weight is 343 g/mol. The number of hydrogen-bond acceptors (Lipinski definition) is 1. The van der Waals surface area contributed by atoms with E-state index >= 15 is 0 Å². The van der Waals surface area contributed by atoms with Crippen LogP contribution in [0.5, 0.6) is 0 Å². The van der Waals surface area contributed by atoms with Crippen LogP contribution in [0.2, 0.25) is 0 Å². The smallest absolute Gasteiger partial charge is 0.170 e. The highest BCUT2D eigenvalue weighted by Gasteiger charge is 2.01. The second-order valence-corrected chi connectivity index (χ2v) is 5.66. The van der Waals surface area contributed by atoms with Crippen molar-refractivity contribution in [3.05, 3.63) is 24.5 Å². The average Bonchev–Trinajstić information content (AvgIpc) is 2.42. The lowest BCUT2D eigenvalue weighted by molar-refractivity contribution is -0.697. The van der Waals surface area contributed by atoms with Gasteiger partial charge in [-0.2, -0.15) is 0 Å². The van der Waals surface area contributed by atoms with Crippen LogP contribution in [0.15, 0.2) is 24.5 Å². The number of nitrogens with zero attached hydrogens (tertiary/aromatic N) is 2. The minimum Gasteiger partial charge on any atom is -1.00 e. The molecule has 3 heteroatoms. The standard InChI is InChI=1S/C17H31N2.BrH/c1-4-5-6-7-8-9-10-11-14-19-15-12-17(13-16-19)18(2)3;/h12-13,15-16H,4-11,14H2,1-3H3;1H/q+1;/p-1. The van der Waals surface area contributed by atoms with Gasteiger partial charge in [0.05, 0.1) is 0 Å². The van der Waals surface area contributed by atoms with Gasteiger partial charge in [0.2, 0.25) is 0 Å². The van der Waals surface area contributed by atoms with Crippen molar-refractivity contribution in [1.82, 2.24) is 0 Å². The van der Waals surface area contributed by atoms with Gasteiger partial charge < -0.3 is 21.9 Å². The number of pyridine rings is 1. The lowest BCUT2D eigenvalue weighted by atomic mass is 10.1. The van der Waals surface area contributed by atoms with Gasteiger partial charge in [0.15, 0.2) is 12.4 Å². The summed E-state index contributed by atoms with van der Waals surface area (Å²) in [5.41, 5.74) is 1.27. The second kappa shape index (κ2) is 12.2. The molecule has 2 nitrogen and oxygen atoms in total. The zero-order chi connectivity index (χ0) is 13.9. The Hall–Kier alpha value is -0.570.